The average molecular weight is 412 g/mol. The number of para-hydroxylation sites is 1. The molecule has 0 saturated carbocycles. The highest BCUT2D eigenvalue weighted by Crippen LogP contribution is 2.34. The number of hydrogen-bond donors (Lipinski definition) is 1. The second kappa shape index (κ2) is 9.15. The number of carbonyl (C=O) groups excluding carboxylic acids is 1. The molecule has 0 heterocycles. The van der Waals surface area contributed by atoms with Gasteiger partial charge in [0.2, 0.25) is 0 Å². The second-order valence-electron chi connectivity index (χ2n) is 5.75. The first-order valence-electron chi connectivity index (χ1n) is 7.88. The van der Waals surface area contributed by atoms with Gasteiger partial charge >= 0.3 is 0 Å². The summed E-state index contributed by atoms with van der Waals surface area (Å²) in [7, 11) is 0. The number of thioether (sulfide) groups is 1. The molecule has 0 bridgehead atoms. The molecule has 0 aliphatic heterocycles. The van der Waals surface area contributed by atoms with Crippen LogP contribution < -0.4 is 5.32 Å². The van der Waals surface area contributed by atoms with Gasteiger partial charge in [0, 0.05) is 16.8 Å². The second-order valence-corrected chi connectivity index (χ2v) is 7.46. The van der Waals surface area contributed by atoms with Crippen molar-refractivity contribution < 1.29 is 18.0 Å². The minimum absolute atomic E-state index is 0.0550. The number of benzene rings is 2. The molecule has 2 nitrogen and oxygen atoms in total. The first-order valence-corrected chi connectivity index (χ1v) is 9.08. The standard InChI is InChI=1S/C20H17ClF3NOS/c1-11(2)27-18(12(3)19(23)24)20(26)25-17-7-5-4-6-14(17)13-8-9-16(22)15(21)10-13/h4-10,19H,1H2,2-3H3,(H,25,26)/b18-12+. The van der Waals surface area contributed by atoms with Gasteiger partial charge in [0.1, 0.15) is 5.82 Å². The quantitative estimate of drug-likeness (QED) is 0.524. The summed E-state index contributed by atoms with van der Waals surface area (Å²) in [5.41, 5.74) is 1.23. The molecule has 0 atom stereocenters. The first kappa shape index (κ1) is 21.1. The SMILES string of the molecule is C=C(C)S/C(C(=O)Nc1ccccc1-c1ccc(F)c(Cl)c1)=C(\C)C(F)F. The lowest BCUT2D eigenvalue weighted by atomic mass is 10.0. The van der Waals surface area contributed by atoms with Crippen molar-refractivity contribution in [1.82, 2.24) is 0 Å². The smallest absolute Gasteiger partial charge is 0.262 e. The topological polar surface area (TPSA) is 29.1 Å². The van der Waals surface area contributed by atoms with E-state index in [2.05, 4.69) is 11.9 Å². The minimum atomic E-state index is -2.76. The Morgan fingerprint density at radius 3 is 2.44 bits per heavy atom. The fourth-order valence-corrected chi connectivity index (χ4v) is 3.19. The molecule has 27 heavy (non-hydrogen) atoms. The van der Waals surface area contributed by atoms with Gasteiger partial charge in [-0.1, -0.05) is 54.2 Å². The molecule has 0 aliphatic carbocycles. The van der Waals surface area contributed by atoms with Crippen molar-refractivity contribution in [3.8, 4) is 11.1 Å². The van der Waals surface area contributed by atoms with Crippen LogP contribution in [-0.2, 0) is 4.79 Å². The number of hydrogen-bond acceptors (Lipinski definition) is 2. The monoisotopic (exact) mass is 411 g/mol. The van der Waals surface area contributed by atoms with Crippen LogP contribution in [0, 0.1) is 5.82 Å². The summed E-state index contributed by atoms with van der Waals surface area (Å²) in [5, 5.41) is 2.60. The molecule has 0 spiro atoms. The van der Waals surface area contributed by atoms with Crippen LogP contribution in [0.2, 0.25) is 5.02 Å². The van der Waals surface area contributed by atoms with E-state index in [0.29, 0.717) is 21.7 Å². The van der Waals surface area contributed by atoms with Crippen molar-refractivity contribution in [2.75, 3.05) is 5.32 Å². The van der Waals surface area contributed by atoms with Crippen LogP contribution in [0.15, 0.2) is 64.4 Å². The summed E-state index contributed by atoms with van der Waals surface area (Å²) >= 11 is 6.73. The van der Waals surface area contributed by atoms with E-state index in [1.54, 1.807) is 31.2 Å². The maximum atomic E-state index is 13.4. The Balaban J connectivity index is 2.42. The molecule has 0 saturated heterocycles. The number of amides is 1. The van der Waals surface area contributed by atoms with Crippen molar-refractivity contribution in [1.29, 1.82) is 0 Å². The van der Waals surface area contributed by atoms with Crippen LogP contribution in [-0.4, -0.2) is 12.3 Å². The van der Waals surface area contributed by atoms with Gasteiger partial charge in [-0.3, -0.25) is 4.79 Å². The number of carbonyl (C=O) groups is 1. The van der Waals surface area contributed by atoms with Crippen molar-refractivity contribution >= 4 is 35.0 Å². The normalized spacial score (nSPS) is 12.0. The van der Waals surface area contributed by atoms with Gasteiger partial charge in [-0.05, 0) is 42.5 Å². The third-order valence-electron chi connectivity index (χ3n) is 3.57. The first-order chi connectivity index (χ1) is 12.7. The Labute approximate surface area is 165 Å². The lowest BCUT2D eigenvalue weighted by Crippen LogP contribution is -2.16. The molecule has 2 aromatic carbocycles. The highest BCUT2D eigenvalue weighted by Gasteiger charge is 2.21. The highest BCUT2D eigenvalue weighted by atomic mass is 35.5. The van der Waals surface area contributed by atoms with Crippen LogP contribution in [0.25, 0.3) is 11.1 Å². The van der Waals surface area contributed by atoms with Gasteiger partial charge in [-0.25, -0.2) is 13.2 Å². The minimum Gasteiger partial charge on any atom is -0.321 e. The van der Waals surface area contributed by atoms with Crippen LogP contribution in [0.4, 0.5) is 18.9 Å². The summed E-state index contributed by atoms with van der Waals surface area (Å²) in [6.45, 7) is 6.50. The largest absolute Gasteiger partial charge is 0.321 e. The molecule has 2 rings (SSSR count). The van der Waals surface area contributed by atoms with Gasteiger partial charge in [-0.2, -0.15) is 0 Å². The zero-order valence-electron chi connectivity index (χ0n) is 14.7. The number of nitrogens with one attached hydrogen (secondary N) is 1. The van der Waals surface area contributed by atoms with Crippen LogP contribution in [0.5, 0.6) is 0 Å². The predicted octanol–water partition coefficient (Wildman–Crippen LogP) is 6.89. The Morgan fingerprint density at radius 1 is 1.19 bits per heavy atom. The third-order valence-corrected chi connectivity index (χ3v) is 4.92. The van der Waals surface area contributed by atoms with E-state index in [-0.39, 0.29) is 15.5 Å². The number of alkyl halides is 2. The van der Waals surface area contributed by atoms with E-state index < -0.39 is 18.1 Å². The van der Waals surface area contributed by atoms with E-state index in [0.717, 1.165) is 11.8 Å². The van der Waals surface area contributed by atoms with Gasteiger partial charge in [0.25, 0.3) is 12.3 Å². The van der Waals surface area contributed by atoms with Crippen molar-refractivity contribution in [2.45, 2.75) is 20.3 Å². The van der Waals surface area contributed by atoms with E-state index in [4.69, 9.17) is 11.6 Å². The lowest BCUT2D eigenvalue weighted by Gasteiger charge is -2.15. The van der Waals surface area contributed by atoms with E-state index >= 15 is 0 Å². The summed E-state index contributed by atoms with van der Waals surface area (Å²) in [6.07, 6.45) is -2.76. The van der Waals surface area contributed by atoms with E-state index in [1.807, 2.05) is 0 Å². The van der Waals surface area contributed by atoms with Crippen molar-refractivity contribution in [3.05, 3.63) is 75.3 Å². The Morgan fingerprint density at radius 2 is 1.85 bits per heavy atom. The third kappa shape index (κ3) is 5.40. The number of allylic oxidation sites excluding steroid dienone is 2. The summed E-state index contributed by atoms with van der Waals surface area (Å²) in [6, 6.07) is 11.0. The van der Waals surface area contributed by atoms with Gasteiger partial charge < -0.3 is 5.32 Å². The zero-order valence-corrected chi connectivity index (χ0v) is 16.2. The Kier molecular flexibility index (Phi) is 7.16. The number of anilines is 1. The van der Waals surface area contributed by atoms with Crippen LogP contribution in [0.3, 0.4) is 0 Å². The van der Waals surface area contributed by atoms with Gasteiger partial charge in [-0.15, -0.1) is 0 Å². The molecule has 142 valence electrons. The molecule has 7 heteroatoms. The molecular formula is C20H17ClF3NOS. The van der Waals surface area contributed by atoms with Gasteiger partial charge in [0.05, 0.1) is 9.93 Å². The zero-order chi connectivity index (χ0) is 20.1. The predicted molar refractivity (Wildman–Crippen MR) is 107 cm³/mol. The molecule has 0 radical (unpaired) electrons. The Hall–Kier alpha value is -2.18. The molecule has 0 aromatic heterocycles. The summed E-state index contributed by atoms with van der Waals surface area (Å²) in [5.74, 6) is -1.22. The summed E-state index contributed by atoms with van der Waals surface area (Å²) < 4.78 is 39.7. The molecule has 1 N–H and O–H groups in total. The maximum Gasteiger partial charge on any atom is 0.262 e. The average Bonchev–Trinajstić information content (AvgIpc) is 2.61. The molecule has 1 amide bonds. The van der Waals surface area contributed by atoms with Gasteiger partial charge in [0.15, 0.2) is 0 Å². The maximum absolute atomic E-state index is 13.4. The molecule has 2 aromatic rings. The highest BCUT2D eigenvalue weighted by molar-refractivity contribution is 8.07. The molecule has 0 unspecified atom stereocenters. The van der Waals surface area contributed by atoms with E-state index in [1.165, 1.54) is 25.1 Å². The number of halogens is 4. The summed E-state index contributed by atoms with van der Waals surface area (Å²) in [4.78, 5) is 13.1. The van der Waals surface area contributed by atoms with Crippen molar-refractivity contribution in [3.63, 3.8) is 0 Å². The lowest BCUT2D eigenvalue weighted by molar-refractivity contribution is -0.112. The van der Waals surface area contributed by atoms with Crippen molar-refractivity contribution in [2.24, 2.45) is 0 Å². The molecule has 0 aliphatic rings. The van der Waals surface area contributed by atoms with Crippen LogP contribution in [0.1, 0.15) is 13.8 Å². The fourth-order valence-electron chi connectivity index (χ4n) is 2.27. The van der Waals surface area contributed by atoms with Crippen LogP contribution >= 0.6 is 23.4 Å². The molecular weight excluding hydrogens is 395 g/mol. The fraction of sp³-hybridized carbons (Fsp3) is 0.150. The number of rotatable bonds is 6. The molecule has 0 fully saturated rings. The Bertz CT molecular complexity index is 912. The van der Waals surface area contributed by atoms with E-state index in [9.17, 15) is 18.0 Å².